The summed E-state index contributed by atoms with van der Waals surface area (Å²) in [5.41, 5.74) is 6.32. The first kappa shape index (κ1) is 13.3. The van der Waals surface area contributed by atoms with E-state index in [0.29, 0.717) is 11.5 Å². The molecule has 5 heteroatoms. The van der Waals surface area contributed by atoms with E-state index in [1.165, 1.54) is 12.1 Å². The van der Waals surface area contributed by atoms with Gasteiger partial charge in [0.25, 0.3) is 0 Å². The molecular weight excluding hydrogens is 221 g/mol. The lowest BCUT2D eigenvalue weighted by molar-refractivity contribution is 0.432. The minimum Gasteiger partial charge on any atom is -0.505 e. The van der Waals surface area contributed by atoms with Crippen LogP contribution in [0.2, 0.25) is 0 Å². The number of phenols is 1. The number of rotatable bonds is 4. The molecule has 0 spiro atoms. The van der Waals surface area contributed by atoms with E-state index in [2.05, 4.69) is 10.3 Å². The quantitative estimate of drug-likeness (QED) is 0.553. The van der Waals surface area contributed by atoms with E-state index < -0.39 is 5.82 Å². The van der Waals surface area contributed by atoms with Crippen molar-refractivity contribution < 1.29 is 9.50 Å². The number of nitrogens with zero attached hydrogens (tertiary/aromatic N) is 1. The number of aromatic hydroxyl groups is 1. The number of nitrogens with two attached hydrogens (primary N) is 1. The monoisotopic (exact) mass is 239 g/mol. The fourth-order valence-electron chi connectivity index (χ4n) is 1.23. The molecule has 17 heavy (non-hydrogen) atoms. The SMILES string of the molecule is CCC(C)NC(N)=NCc1ccc(O)c(F)c1. The van der Waals surface area contributed by atoms with E-state index >= 15 is 0 Å². The largest absolute Gasteiger partial charge is 0.505 e. The highest BCUT2D eigenvalue weighted by Crippen LogP contribution is 2.16. The molecule has 94 valence electrons. The van der Waals surface area contributed by atoms with Gasteiger partial charge in [-0.1, -0.05) is 13.0 Å². The molecule has 1 aromatic carbocycles. The summed E-state index contributed by atoms with van der Waals surface area (Å²) in [6.45, 7) is 4.33. The van der Waals surface area contributed by atoms with Gasteiger partial charge in [-0.15, -0.1) is 0 Å². The molecule has 0 radical (unpaired) electrons. The van der Waals surface area contributed by atoms with Crippen LogP contribution in [-0.2, 0) is 6.54 Å². The van der Waals surface area contributed by atoms with Gasteiger partial charge in [-0.3, -0.25) is 0 Å². The van der Waals surface area contributed by atoms with Crippen LogP contribution in [0.4, 0.5) is 4.39 Å². The Morgan fingerprint density at radius 1 is 1.59 bits per heavy atom. The summed E-state index contributed by atoms with van der Waals surface area (Å²) in [7, 11) is 0. The third-order valence-corrected chi connectivity index (χ3v) is 2.45. The second kappa shape index (κ2) is 6.08. The van der Waals surface area contributed by atoms with E-state index in [0.717, 1.165) is 6.42 Å². The maximum atomic E-state index is 13.0. The molecule has 4 N–H and O–H groups in total. The molecule has 0 aliphatic heterocycles. The highest BCUT2D eigenvalue weighted by Gasteiger charge is 2.02. The molecule has 0 aromatic heterocycles. The van der Waals surface area contributed by atoms with Gasteiger partial charge < -0.3 is 16.2 Å². The van der Waals surface area contributed by atoms with Gasteiger partial charge in [0.1, 0.15) is 0 Å². The van der Waals surface area contributed by atoms with Gasteiger partial charge in [0, 0.05) is 6.04 Å². The molecule has 0 heterocycles. The predicted molar refractivity (Wildman–Crippen MR) is 66.3 cm³/mol. The molecule has 1 aromatic rings. The Morgan fingerprint density at radius 2 is 2.29 bits per heavy atom. The lowest BCUT2D eigenvalue weighted by Gasteiger charge is -2.11. The second-order valence-corrected chi connectivity index (χ2v) is 3.94. The number of hydrogen-bond acceptors (Lipinski definition) is 2. The lowest BCUT2D eigenvalue weighted by Crippen LogP contribution is -2.38. The van der Waals surface area contributed by atoms with Crippen LogP contribution < -0.4 is 11.1 Å². The Morgan fingerprint density at radius 3 is 2.88 bits per heavy atom. The van der Waals surface area contributed by atoms with Crippen LogP contribution in [0.1, 0.15) is 25.8 Å². The van der Waals surface area contributed by atoms with Crippen LogP contribution >= 0.6 is 0 Å². The zero-order valence-electron chi connectivity index (χ0n) is 10.1. The average molecular weight is 239 g/mol. The number of aliphatic imine (C=N–C) groups is 1. The lowest BCUT2D eigenvalue weighted by atomic mass is 10.2. The Kier molecular flexibility index (Phi) is 4.75. The van der Waals surface area contributed by atoms with Crippen LogP contribution in [0.3, 0.4) is 0 Å². The summed E-state index contributed by atoms with van der Waals surface area (Å²) < 4.78 is 13.0. The van der Waals surface area contributed by atoms with Crippen LogP contribution in [-0.4, -0.2) is 17.1 Å². The number of phenolic OH excluding ortho intramolecular Hbond substituents is 1. The topological polar surface area (TPSA) is 70.6 Å². The van der Waals surface area contributed by atoms with E-state index in [-0.39, 0.29) is 18.3 Å². The Labute approximate surface area is 100 Å². The summed E-state index contributed by atoms with van der Waals surface area (Å²) in [6.07, 6.45) is 0.948. The van der Waals surface area contributed by atoms with Crippen LogP contribution in [0.5, 0.6) is 5.75 Å². The highest BCUT2D eigenvalue weighted by molar-refractivity contribution is 5.78. The fourth-order valence-corrected chi connectivity index (χ4v) is 1.23. The van der Waals surface area contributed by atoms with Crippen LogP contribution in [0, 0.1) is 5.82 Å². The van der Waals surface area contributed by atoms with Crippen molar-refractivity contribution >= 4 is 5.96 Å². The highest BCUT2D eigenvalue weighted by atomic mass is 19.1. The van der Waals surface area contributed by atoms with E-state index in [4.69, 9.17) is 10.8 Å². The Balaban J connectivity index is 2.59. The second-order valence-electron chi connectivity index (χ2n) is 3.94. The molecule has 1 rings (SSSR count). The molecule has 0 saturated carbocycles. The van der Waals surface area contributed by atoms with Crippen molar-refractivity contribution in [2.45, 2.75) is 32.9 Å². The molecule has 4 nitrogen and oxygen atoms in total. The van der Waals surface area contributed by atoms with Gasteiger partial charge in [-0.2, -0.15) is 0 Å². The van der Waals surface area contributed by atoms with Crippen molar-refractivity contribution in [3.05, 3.63) is 29.6 Å². The first-order valence-electron chi connectivity index (χ1n) is 5.56. The number of halogens is 1. The standard InChI is InChI=1S/C12H18FN3O/c1-3-8(2)16-12(14)15-7-9-4-5-11(17)10(13)6-9/h4-6,8,17H,3,7H2,1-2H3,(H3,14,15,16). The van der Waals surface area contributed by atoms with Crippen molar-refractivity contribution in [3.63, 3.8) is 0 Å². The number of guanidine groups is 1. The smallest absolute Gasteiger partial charge is 0.189 e. The zero-order valence-corrected chi connectivity index (χ0v) is 10.1. The van der Waals surface area contributed by atoms with Crippen molar-refractivity contribution in [2.75, 3.05) is 0 Å². The van der Waals surface area contributed by atoms with E-state index in [1.54, 1.807) is 6.07 Å². The van der Waals surface area contributed by atoms with Crippen molar-refractivity contribution in [1.29, 1.82) is 0 Å². The molecule has 0 fully saturated rings. The van der Waals surface area contributed by atoms with Gasteiger partial charge in [0.2, 0.25) is 0 Å². The zero-order chi connectivity index (χ0) is 12.8. The molecule has 0 aliphatic carbocycles. The summed E-state index contributed by atoms with van der Waals surface area (Å²) >= 11 is 0. The Hall–Kier alpha value is -1.78. The maximum absolute atomic E-state index is 13.0. The summed E-state index contributed by atoms with van der Waals surface area (Å²) in [5.74, 6) is -0.664. The Bertz CT molecular complexity index is 407. The molecule has 0 amide bonds. The fraction of sp³-hybridized carbons (Fsp3) is 0.417. The first-order valence-corrected chi connectivity index (χ1v) is 5.56. The molecule has 0 saturated heterocycles. The maximum Gasteiger partial charge on any atom is 0.189 e. The van der Waals surface area contributed by atoms with E-state index in [1.807, 2.05) is 13.8 Å². The van der Waals surface area contributed by atoms with E-state index in [9.17, 15) is 4.39 Å². The van der Waals surface area contributed by atoms with Crippen LogP contribution in [0.15, 0.2) is 23.2 Å². The van der Waals surface area contributed by atoms with Gasteiger partial charge in [-0.25, -0.2) is 9.38 Å². The molecule has 1 atom stereocenters. The normalized spacial score (nSPS) is 13.5. The number of hydrogen-bond donors (Lipinski definition) is 3. The van der Waals surface area contributed by atoms with Crippen molar-refractivity contribution in [1.82, 2.24) is 5.32 Å². The molecule has 0 bridgehead atoms. The average Bonchev–Trinajstić information content (AvgIpc) is 2.30. The molecular formula is C12H18FN3O. The summed E-state index contributed by atoms with van der Waals surface area (Å²) in [4.78, 5) is 4.09. The van der Waals surface area contributed by atoms with Gasteiger partial charge in [-0.05, 0) is 31.0 Å². The van der Waals surface area contributed by atoms with Crippen LogP contribution in [0.25, 0.3) is 0 Å². The first-order chi connectivity index (χ1) is 8.02. The summed E-state index contributed by atoms with van der Waals surface area (Å²) in [6, 6.07) is 4.42. The minimum absolute atomic E-state index is 0.260. The van der Waals surface area contributed by atoms with Crippen molar-refractivity contribution in [2.24, 2.45) is 10.7 Å². The summed E-state index contributed by atoms with van der Waals surface area (Å²) in [5, 5.41) is 12.0. The third-order valence-electron chi connectivity index (χ3n) is 2.45. The number of nitrogens with one attached hydrogen (secondary N) is 1. The molecule has 1 unspecified atom stereocenters. The van der Waals surface area contributed by atoms with Gasteiger partial charge in [0.15, 0.2) is 17.5 Å². The van der Waals surface area contributed by atoms with Gasteiger partial charge >= 0.3 is 0 Å². The van der Waals surface area contributed by atoms with Crippen molar-refractivity contribution in [3.8, 4) is 5.75 Å². The third kappa shape index (κ3) is 4.30. The van der Waals surface area contributed by atoms with Gasteiger partial charge in [0.05, 0.1) is 6.54 Å². The molecule has 0 aliphatic rings. The predicted octanol–water partition coefficient (Wildman–Crippen LogP) is 1.73. The number of benzene rings is 1. The minimum atomic E-state index is -0.647.